The first-order valence-corrected chi connectivity index (χ1v) is 9.64. The van der Waals surface area contributed by atoms with Crippen molar-refractivity contribution < 1.29 is 4.52 Å². The van der Waals surface area contributed by atoms with Gasteiger partial charge in [0.05, 0.1) is 10.9 Å². The van der Waals surface area contributed by atoms with Gasteiger partial charge in [-0.3, -0.25) is 4.90 Å². The van der Waals surface area contributed by atoms with Crippen molar-refractivity contribution in [3.63, 3.8) is 0 Å². The molecule has 6 heteroatoms. The van der Waals surface area contributed by atoms with Gasteiger partial charge >= 0.3 is 0 Å². The van der Waals surface area contributed by atoms with E-state index in [1.807, 2.05) is 17.5 Å². The maximum absolute atomic E-state index is 5.51. The quantitative estimate of drug-likeness (QED) is 0.820. The Balaban J connectivity index is 1.53. The van der Waals surface area contributed by atoms with Crippen molar-refractivity contribution >= 4 is 11.3 Å². The molecule has 1 atom stereocenters. The molecule has 1 fully saturated rings. The summed E-state index contributed by atoms with van der Waals surface area (Å²) < 4.78 is 5.51. The van der Waals surface area contributed by atoms with Crippen molar-refractivity contribution in [3.8, 4) is 10.7 Å². The Morgan fingerprint density at radius 3 is 2.62 bits per heavy atom. The number of rotatable bonds is 5. The summed E-state index contributed by atoms with van der Waals surface area (Å²) >= 11 is 1.64. The minimum atomic E-state index is 0.177. The van der Waals surface area contributed by atoms with Gasteiger partial charge in [-0.2, -0.15) is 4.98 Å². The number of aromatic nitrogens is 2. The average Bonchev–Trinajstić information content (AvgIpc) is 3.23. The second-order valence-electron chi connectivity index (χ2n) is 7.80. The van der Waals surface area contributed by atoms with Gasteiger partial charge in [0.2, 0.25) is 11.7 Å². The predicted octanol–water partition coefficient (Wildman–Crippen LogP) is 3.91. The van der Waals surface area contributed by atoms with Crippen molar-refractivity contribution in [1.82, 2.24) is 19.9 Å². The predicted molar refractivity (Wildman–Crippen MR) is 98.1 cm³/mol. The molecule has 1 saturated heterocycles. The standard InChI is InChI=1S/C18H28N4OS/c1-14(17-19-16(20-23-17)15-6-5-13-24-15)22-11-9-21(10-12-22)8-7-18(2,3)4/h5-6,13-14H,7-12H2,1-4H3/t14-/m1/s1. The van der Waals surface area contributed by atoms with Crippen LogP contribution in [0.1, 0.15) is 46.0 Å². The molecular weight excluding hydrogens is 320 g/mol. The summed E-state index contributed by atoms with van der Waals surface area (Å²) in [7, 11) is 0. The van der Waals surface area contributed by atoms with Crippen LogP contribution in [0.3, 0.4) is 0 Å². The van der Waals surface area contributed by atoms with Crippen LogP contribution in [0, 0.1) is 5.41 Å². The molecule has 5 nitrogen and oxygen atoms in total. The Bertz CT molecular complexity index is 624. The molecule has 2 aromatic heterocycles. The third-order valence-electron chi connectivity index (χ3n) is 4.67. The summed E-state index contributed by atoms with van der Waals surface area (Å²) in [5.74, 6) is 1.43. The average molecular weight is 349 g/mol. The summed E-state index contributed by atoms with van der Waals surface area (Å²) in [5, 5.41) is 6.17. The summed E-state index contributed by atoms with van der Waals surface area (Å²) in [4.78, 5) is 10.7. The molecule has 0 bridgehead atoms. The summed E-state index contributed by atoms with van der Waals surface area (Å²) in [6.07, 6.45) is 1.25. The van der Waals surface area contributed by atoms with Gasteiger partial charge in [-0.1, -0.05) is 32.0 Å². The van der Waals surface area contributed by atoms with Crippen molar-refractivity contribution in [1.29, 1.82) is 0 Å². The van der Waals surface area contributed by atoms with Gasteiger partial charge in [0.15, 0.2) is 0 Å². The normalized spacial score (nSPS) is 18.8. The highest BCUT2D eigenvalue weighted by molar-refractivity contribution is 7.13. The highest BCUT2D eigenvalue weighted by Crippen LogP contribution is 2.26. The zero-order chi connectivity index (χ0) is 17.2. The first kappa shape index (κ1) is 17.6. The Morgan fingerprint density at radius 1 is 1.25 bits per heavy atom. The third kappa shape index (κ3) is 4.43. The molecule has 3 rings (SSSR count). The van der Waals surface area contributed by atoms with E-state index in [0.29, 0.717) is 11.2 Å². The molecule has 1 aliphatic rings. The maximum atomic E-state index is 5.51. The van der Waals surface area contributed by atoms with Gasteiger partial charge in [-0.15, -0.1) is 11.3 Å². The highest BCUT2D eigenvalue weighted by atomic mass is 32.1. The smallest absolute Gasteiger partial charge is 0.244 e. The Hall–Kier alpha value is -1.24. The van der Waals surface area contributed by atoms with Gasteiger partial charge in [0.1, 0.15) is 0 Å². The topological polar surface area (TPSA) is 45.4 Å². The zero-order valence-electron chi connectivity index (χ0n) is 15.2. The third-order valence-corrected chi connectivity index (χ3v) is 5.54. The monoisotopic (exact) mass is 348 g/mol. The van der Waals surface area contributed by atoms with Crippen molar-refractivity contribution in [3.05, 3.63) is 23.4 Å². The van der Waals surface area contributed by atoms with E-state index in [1.54, 1.807) is 11.3 Å². The molecule has 0 unspecified atom stereocenters. The van der Waals surface area contributed by atoms with Crippen LogP contribution >= 0.6 is 11.3 Å². The van der Waals surface area contributed by atoms with E-state index < -0.39 is 0 Å². The minimum absolute atomic E-state index is 0.177. The molecule has 24 heavy (non-hydrogen) atoms. The van der Waals surface area contributed by atoms with E-state index in [1.165, 1.54) is 13.0 Å². The molecule has 3 heterocycles. The maximum Gasteiger partial charge on any atom is 0.244 e. The first-order valence-electron chi connectivity index (χ1n) is 8.76. The molecule has 1 aliphatic heterocycles. The molecule has 0 spiro atoms. The van der Waals surface area contributed by atoms with Crippen LogP contribution in [0.5, 0.6) is 0 Å². The molecule has 2 aromatic rings. The molecular formula is C18H28N4OS. The van der Waals surface area contributed by atoms with Crippen LogP contribution in [0.15, 0.2) is 22.0 Å². The second kappa shape index (κ2) is 7.33. The lowest BCUT2D eigenvalue weighted by atomic mass is 9.92. The van der Waals surface area contributed by atoms with Gasteiger partial charge in [-0.05, 0) is 36.8 Å². The van der Waals surface area contributed by atoms with E-state index in [-0.39, 0.29) is 6.04 Å². The van der Waals surface area contributed by atoms with Crippen LogP contribution in [-0.2, 0) is 0 Å². The van der Waals surface area contributed by atoms with Crippen molar-refractivity contribution in [2.45, 2.75) is 40.2 Å². The lowest BCUT2D eigenvalue weighted by molar-refractivity contribution is 0.0821. The molecule has 0 aromatic carbocycles. The van der Waals surface area contributed by atoms with Crippen LogP contribution in [-0.4, -0.2) is 52.7 Å². The summed E-state index contributed by atoms with van der Waals surface area (Å²) in [5.41, 5.74) is 0.409. The van der Waals surface area contributed by atoms with E-state index in [9.17, 15) is 0 Å². The minimum Gasteiger partial charge on any atom is -0.337 e. The highest BCUT2D eigenvalue weighted by Gasteiger charge is 2.26. The Kier molecular flexibility index (Phi) is 5.37. The van der Waals surface area contributed by atoms with Crippen molar-refractivity contribution in [2.24, 2.45) is 5.41 Å². The number of hydrogen-bond donors (Lipinski definition) is 0. The van der Waals surface area contributed by atoms with E-state index in [0.717, 1.165) is 36.9 Å². The SMILES string of the molecule is C[C@H](c1nc(-c2cccs2)no1)N1CCN(CCC(C)(C)C)CC1. The number of piperazine rings is 1. The van der Waals surface area contributed by atoms with E-state index in [4.69, 9.17) is 4.52 Å². The van der Waals surface area contributed by atoms with Crippen LogP contribution < -0.4 is 0 Å². The van der Waals surface area contributed by atoms with Gasteiger partial charge < -0.3 is 9.42 Å². The van der Waals surface area contributed by atoms with Crippen molar-refractivity contribution in [2.75, 3.05) is 32.7 Å². The lowest BCUT2D eigenvalue weighted by Crippen LogP contribution is -2.47. The van der Waals surface area contributed by atoms with Crippen LogP contribution in [0.25, 0.3) is 10.7 Å². The fraction of sp³-hybridized carbons (Fsp3) is 0.667. The zero-order valence-corrected chi connectivity index (χ0v) is 16.0. The van der Waals surface area contributed by atoms with Gasteiger partial charge in [-0.25, -0.2) is 0 Å². The van der Waals surface area contributed by atoms with Gasteiger partial charge in [0.25, 0.3) is 0 Å². The molecule has 0 amide bonds. The Labute approximate surface area is 148 Å². The van der Waals surface area contributed by atoms with Gasteiger partial charge in [0, 0.05) is 26.2 Å². The van der Waals surface area contributed by atoms with Crippen LogP contribution in [0.4, 0.5) is 0 Å². The second-order valence-corrected chi connectivity index (χ2v) is 8.75. The number of thiophene rings is 1. The summed E-state index contributed by atoms with van der Waals surface area (Å²) in [6.45, 7) is 14.6. The summed E-state index contributed by atoms with van der Waals surface area (Å²) in [6, 6.07) is 4.21. The van der Waals surface area contributed by atoms with E-state index >= 15 is 0 Å². The lowest BCUT2D eigenvalue weighted by Gasteiger charge is -2.37. The molecule has 0 saturated carbocycles. The number of hydrogen-bond acceptors (Lipinski definition) is 6. The fourth-order valence-corrected chi connectivity index (χ4v) is 3.58. The van der Waals surface area contributed by atoms with E-state index in [2.05, 4.69) is 47.6 Å². The molecule has 0 aliphatic carbocycles. The number of nitrogens with zero attached hydrogens (tertiary/aromatic N) is 4. The molecule has 0 N–H and O–H groups in total. The Morgan fingerprint density at radius 2 is 2.00 bits per heavy atom. The van der Waals surface area contributed by atoms with Crippen LogP contribution in [0.2, 0.25) is 0 Å². The molecule has 132 valence electrons. The molecule has 0 radical (unpaired) electrons. The largest absolute Gasteiger partial charge is 0.337 e. The first-order chi connectivity index (χ1) is 11.4. The fourth-order valence-electron chi connectivity index (χ4n) is 2.93.